The van der Waals surface area contributed by atoms with Crippen molar-refractivity contribution in [1.29, 1.82) is 0 Å². The number of piperazine rings is 1. The number of hydrogen-bond acceptors (Lipinski definition) is 5. The normalized spacial score (nSPS) is 21.2. The Bertz CT molecular complexity index is 649. The molecule has 1 aromatic rings. The summed E-state index contributed by atoms with van der Waals surface area (Å²) in [4.78, 5) is 14.7. The molecule has 1 fully saturated rings. The zero-order valence-electron chi connectivity index (χ0n) is 14.2. The first-order valence-corrected chi connectivity index (χ1v) is 9.38. The van der Waals surface area contributed by atoms with E-state index in [2.05, 4.69) is 12.2 Å². The van der Waals surface area contributed by atoms with Crippen LogP contribution in [0.2, 0.25) is 0 Å². The van der Waals surface area contributed by atoms with Gasteiger partial charge in [0.15, 0.2) is 9.84 Å². The summed E-state index contributed by atoms with van der Waals surface area (Å²) >= 11 is 0. The molecular weight excluding hydrogens is 352 g/mol. The van der Waals surface area contributed by atoms with Gasteiger partial charge in [0.25, 0.3) is 5.91 Å². The number of carbonyl (C=O) groups is 1. The number of methoxy groups -OCH3 is 1. The molecule has 2 unspecified atom stereocenters. The molecule has 1 amide bonds. The lowest BCUT2D eigenvalue weighted by molar-refractivity contribution is 0.0603. The molecule has 0 bridgehead atoms. The molecular formula is C16H25ClN2O4S. The summed E-state index contributed by atoms with van der Waals surface area (Å²) in [5.74, 6) is -0.130. The van der Waals surface area contributed by atoms with Crippen molar-refractivity contribution >= 4 is 28.2 Å². The van der Waals surface area contributed by atoms with Crippen molar-refractivity contribution in [2.45, 2.75) is 30.8 Å². The first kappa shape index (κ1) is 20.9. The van der Waals surface area contributed by atoms with E-state index in [0.29, 0.717) is 12.1 Å². The van der Waals surface area contributed by atoms with Crippen molar-refractivity contribution in [3.05, 3.63) is 29.8 Å². The number of benzene rings is 1. The van der Waals surface area contributed by atoms with Crippen LogP contribution in [0.25, 0.3) is 0 Å². The van der Waals surface area contributed by atoms with Crippen molar-refractivity contribution in [3.63, 3.8) is 0 Å². The lowest BCUT2D eigenvalue weighted by atomic mass is 10.1. The monoisotopic (exact) mass is 376 g/mol. The lowest BCUT2D eigenvalue weighted by Crippen LogP contribution is -2.57. The fourth-order valence-corrected chi connectivity index (χ4v) is 3.80. The summed E-state index contributed by atoms with van der Waals surface area (Å²) < 4.78 is 29.0. The average molecular weight is 377 g/mol. The van der Waals surface area contributed by atoms with Crippen molar-refractivity contribution in [3.8, 4) is 0 Å². The van der Waals surface area contributed by atoms with Gasteiger partial charge in [0, 0.05) is 37.8 Å². The average Bonchev–Trinajstić information content (AvgIpc) is 2.55. The van der Waals surface area contributed by atoms with Gasteiger partial charge in [-0.2, -0.15) is 0 Å². The number of nitrogens with one attached hydrogen (secondary N) is 1. The molecule has 0 aromatic heterocycles. The van der Waals surface area contributed by atoms with Gasteiger partial charge in [-0.25, -0.2) is 8.42 Å². The number of halogens is 1. The maximum atomic E-state index is 12.6. The Balaban J connectivity index is 0.00000288. The highest BCUT2D eigenvalue weighted by Crippen LogP contribution is 2.17. The van der Waals surface area contributed by atoms with Crippen molar-refractivity contribution in [2.75, 3.05) is 32.6 Å². The zero-order chi connectivity index (χ0) is 17.0. The molecule has 1 aliphatic rings. The molecule has 1 heterocycles. The topological polar surface area (TPSA) is 75.7 Å². The number of sulfone groups is 1. The SMILES string of the molecule is COCCS(=O)(=O)c1ccc(C(=O)N2CCNC(C)C2C)cc1.Cl. The van der Waals surface area contributed by atoms with Crippen LogP contribution in [-0.2, 0) is 14.6 Å². The van der Waals surface area contributed by atoms with Crippen LogP contribution in [0.1, 0.15) is 24.2 Å². The maximum absolute atomic E-state index is 12.6. The molecule has 0 radical (unpaired) electrons. The molecule has 2 rings (SSSR count). The van der Waals surface area contributed by atoms with Gasteiger partial charge >= 0.3 is 0 Å². The minimum absolute atomic E-state index is 0. The molecule has 1 N–H and O–H groups in total. The van der Waals surface area contributed by atoms with Gasteiger partial charge in [0.1, 0.15) is 0 Å². The summed E-state index contributed by atoms with van der Waals surface area (Å²) in [6.07, 6.45) is 0. The Kier molecular flexibility index (Phi) is 7.66. The van der Waals surface area contributed by atoms with E-state index in [1.54, 1.807) is 12.1 Å². The van der Waals surface area contributed by atoms with E-state index in [-0.39, 0.29) is 47.7 Å². The van der Waals surface area contributed by atoms with Crippen molar-refractivity contribution in [1.82, 2.24) is 10.2 Å². The minimum Gasteiger partial charge on any atom is -0.384 e. The van der Waals surface area contributed by atoms with Crippen LogP contribution in [0.4, 0.5) is 0 Å². The predicted octanol–water partition coefficient (Wildman–Crippen LogP) is 1.35. The second-order valence-corrected chi connectivity index (χ2v) is 7.93. The lowest BCUT2D eigenvalue weighted by Gasteiger charge is -2.38. The smallest absolute Gasteiger partial charge is 0.254 e. The van der Waals surface area contributed by atoms with Crippen LogP contribution in [-0.4, -0.2) is 63.9 Å². The van der Waals surface area contributed by atoms with Gasteiger partial charge in [0.05, 0.1) is 17.3 Å². The zero-order valence-corrected chi connectivity index (χ0v) is 15.8. The van der Waals surface area contributed by atoms with Crippen LogP contribution in [0.15, 0.2) is 29.2 Å². The molecule has 1 aromatic carbocycles. The predicted molar refractivity (Wildman–Crippen MR) is 95.6 cm³/mol. The highest BCUT2D eigenvalue weighted by atomic mass is 35.5. The van der Waals surface area contributed by atoms with E-state index >= 15 is 0 Å². The number of carbonyl (C=O) groups excluding carboxylic acids is 1. The van der Waals surface area contributed by atoms with E-state index in [4.69, 9.17) is 4.74 Å². The Morgan fingerprint density at radius 3 is 2.50 bits per heavy atom. The van der Waals surface area contributed by atoms with Crippen LogP contribution in [0.3, 0.4) is 0 Å². The second kappa shape index (κ2) is 8.80. The fourth-order valence-electron chi connectivity index (χ4n) is 2.62. The first-order valence-electron chi connectivity index (χ1n) is 7.73. The Morgan fingerprint density at radius 2 is 1.92 bits per heavy atom. The van der Waals surface area contributed by atoms with E-state index in [0.717, 1.165) is 6.54 Å². The summed E-state index contributed by atoms with van der Waals surface area (Å²) in [6, 6.07) is 6.49. The van der Waals surface area contributed by atoms with Gasteiger partial charge < -0.3 is 15.0 Å². The number of ether oxygens (including phenoxy) is 1. The second-order valence-electron chi connectivity index (χ2n) is 5.82. The fraction of sp³-hybridized carbons (Fsp3) is 0.562. The standard InChI is InChI=1S/C16H24N2O4S.ClH/c1-12-13(2)18(9-8-17-12)16(19)14-4-6-15(7-5-14)23(20,21)11-10-22-3;/h4-7,12-13,17H,8-11H2,1-3H3;1H. The molecule has 0 aliphatic carbocycles. The third kappa shape index (κ3) is 4.69. The van der Waals surface area contributed by atoms with Crippen molar-refractivity contribution < 1.29 is 17.9 Å². The van der Waals surface area contributed by atoms with E-state index in [1.165, 1.54) is 19.2 Å². The first-order chi connectivity index (χ1) is 10.9. The highest BCUT2D eigenvalue weighted by molar-refractivity contribution is 7.91. The minimum atomic E-state index is -3.37. The summed E-state index contributed by atoms with van der Waals surface area (Å²) in [6.45, 7) is 5.63. The third-order valence-electron chi connectivity index (χ3n) is 4.31. The van der Waals surface area contributed by atoms with Gasteiger partial charge in [0.2, 0.25) is 0 Å². The summed E-state index contributed by atoms with van der Waals surface area (Å²) in [5.41, 5.74) is 0.511. The summed E-state index contributed by atoms with van der Waals surface area (Å²) in [5, 5.41) is 3.33. The molecule has 24 heavy (non-hydrogen) atoms. The number of hydrogen-bond donors (Lipinski definition) is 1. The Morgan fingerprint density at radius 1 is 1.29 bits per heavy atom. The highest BCUT2D eigenvalue weighted by Gasteiger charge is 2.28. The maximum Gasteiger partial charge on any atom is 0.254 e. The van der Waals surface area contributed by atoms with Gasteiger partial charge in [-0.1, -0.05) is 0 Å². The molecule has 8 heteroatoms. The largest absolute Gasteiger partial charge is 0.384 e. The van der Waals surface area contributed by atoms with Crippen LogP contribution < -0.4 is 5.32 Å². The number of amides is 1. The van der Waals surface area contributed by atoms with Gasteiger partial charge in [-0.05, 0) is 38.1 Å². The number of nitrogens with zero attached hydrogens (tertiary/aromatic N) is 1. The van der Waals surface area contributed by atoms with Gasteiger partial charge in [-0.3, -0.25) is 4.79 Å². The molecule has 0 saturated carbocycles. The number of rotatable bonds is 5. The third-order valence-corrected chi connectivity index (χ3v) is 6.01. The Hall–Kier alpha value is -1.15. The van der Waals surface area contributed by atoms with E-state index in [9.17, 15) is 13.2 Å². The molecule has 1 saturated heterocycles. The Labute approximate surface area is 149 Å². The molecule has 0 spiro atoms. The van der Waals surface area contributed by atoms with Crippen molar-refractivity contribution in [2.24, 2.45) is 0 Å². The van der Waals surface area contributed by atoms with Crippen LogP contribution >= 0.6 is 12.4 Å². The van der Waals surface area contributed by atoms with Crippen LogP contribution in [0.5, 0.6) is 0 Å². The molecule has 2 atom stereocenters. The summed E-state index contributed by atoms with van der Waals surface area (Å²) in [7, 11) is -1.90. The van der Waals surface area contributed by atoms with E-state index in [1.807, 2.05) is 11.8 Å². The molecule has 1 aliphatic heterocycles. The molecule has 6 nitrogen and oxygen atoms in total. The van der Waals surface area contributed by atoms with Gasteiger partial charge in [-0.15, -0.1) is 12.4 Å². The quantitative estimate of drug-likeness (QED) is 0.839. The molecule has 136 valence electrons. The van der Waals surface area contributed by atoms with E-state index < -0.39 is 9.84 Å². The van der Waals surface area contributed by atoms with Crippen LogP contribution in [0, 0.1) is 0 Å².